The molecule has 1 saturated heterocycles. The zero-order chi connectivity index (χ0) is 19.0. The van der Waals surface area contributed by atoms with Gasteiger partial charge in [0.15, 0.2) is 17.2 Å². The number of carbonyl (C=O) groups excluding carboxylic acids is 2. The summed E-state index contributed by atoms with van der Waals surface area (Å²) < 4.78 is 16.4. The first-order valence-corrected chi connectivity index (χ1v) is 9.13. The maximum absolute atomic E-state index is 12.5. The van der Waals surface area contributed by atoms with Crippen LogP contribution in [0.25, 0.3) is 0 Å². The molecule has 0 aromatic heterocycles. The second kappa shape index (κ2) is 7.29. The van der Waals surface area contributed by atoms with E-state index < -0.39 is 11.9 Å². The molecule has 2 aromatic carbocycles. The zero-order valence-corrected chi connectivity index (χ0v) is 15.6. The fraction of sp³-hybridized carbons (Fsp3) is 0.263. The van der Waals surface area contributed by atoms with Crippen molar-refractivity contribution in [1.29, 1.82) is 0 Å². The number of ether oxygens (including phenoxy) is 3. The number of benzene rings is 2. The van der Waals surface area contributed by atoms with Crippen molar-refractivity contribution in [3.8, 4) is 17.2 Å². The van der Waals surface area contributed by atoms with Gasteiger partial charge in [0.25, 0.3) is 0 Å². The predicted molar refractivity (Wildman–Crippen MR) is 100.0 cm³/mol. The van der Waals surface area contributed by atoms with Crippen LogP contribution < -0.4 is 19.1 Å². The van der Waals surface area contributed by atoms with E-state index in [4.69, 9.17) is 37.4 Å². The molecule has 2 aromatic rings. The number of amides is 1. The highest BCUT2D eigenvalue weighted by molar-refractivity contribution is 6.34. The van der Waals surface area contributed by atoms with Crippen molar-refractivity contribution in [3.63, 3.8) is 0 Å². The van der Waals surface area contributed by atoms with Gasteiger partial charge in [0.05, 0.1) is 10.9 Å². The summed E-state index contributed by atoms with van der Waals surface area (Å²) in [6, 6.07) is 9.89. The fourth-order valence-electron chi connectivity index (χ4n) is 3.06. The van der Waals surface area contributed by atoms with Gasteiger partial charge >= 0.3 is 5.97 Å². The summed E-state index contributed by atoms with van der Waals surface area (Å²) in [6.45, 7) is 1.17. The molecule has 0 aliphatic carbocycles. The summed E-state index contributed by atoms with van der Waals surface area (Å²) in [5.74, 6) is 0.130. The number of hydrogen-bond acceptors (Lipinski definition) is 5. The Labute approximate surface area is 165 Å². The molecule has 4 rings (SSSR count). The summed E-state index contributed by atoms with van der Waals surface area (Å²) >= 11 is 11.9. The van der Waals surface area contributed by atoms with Crippen LogP contribution in [0.1, 0.15) is 6.42 Å². The average molecular weight is 408 g/mol. The van der Waals surface area contributed by atoms with Gasteiger partial charge in [-0.1, -0.05) is 23.2 Å². The lowest BCUT2D eigenvalue weighted by Crippen LogP contribution is -2.27. The highest BCUT2D eigenvalue weighted by Crippen LogP contribution is 2.36. The highest BCUT2D eigenvalue weighted by Gasteiger charge is 2.37. The number of esters is 1. The molecule has 140 valence electrons. The van der Waals surface area contributed by atoms with Crippen LogP contribution in [0, 0.1) is 5.92 Å². The van der Waals surface area contributed by atoms with Crippen molar-refractivity contribution in [2.75, 3.05) is 24.7 Å². The highest BCUT2D eigenvalue weighted by atomic mass is 35.5. The SMILES string of the molecule is O=C(Oc1cc(Cl)ccc1Cl)C1CC(=O)N(c2ccc3c(c2)OCCO3)C1. The second-order valence-corrected chi connectivity index (χ2v) is 7.07. The Morgan fingerprint density at radius 3 is 2.67 bits per heavy atom. The molecule has 0 radical (unpaired) electrons. The summed E-state index contributed by atoms with van der Waals surface area (Å²) in [7, 11) is 0. The maximum Gasteiger partial charge on any atom is 0.316 e. The van der Waals surface area contributed by atoms with E-state index in [0.717, 1.165) is 0 Å². The molecule has 0 spiro atoms. The lowest BCUT2D eigenvalue weighted by atomic mass is 10.1. The standard InChI is InChI=1S/C19H15Cl2NO5/c20-12-1-3-14(21)16(8-12)27-19(24)11-7-18(23)22(10-11)13-2-4-15-17(9-13)26-6-5-25-15/h1-4,8-9,11H,5-7,10H2. The summed E-state index contributed by atoms with van der Waals surface area (Å²) in [4.78, 5) is 26.5. The van der Waals surface area contributed by atoms with Crippen LogP contribution in [-0.2, 0) is 9.59 Å². The van der Waals surface area contributed by atoms with Gasteiger partial charge in [-0.15, -0.1) is 0 Å². The van der Waals surface area contributed by atoms with E-state index >= 15 is 0 Å². The molecule has 8 heteroatoms. The minimum atomic E-state index is -0.597. The molecule has 6 nitrogen and oxygen atoms in total. The lowest BCUT2D eigenvalue weighted by molar-refractivity contribution is -0.139. The first kappa shape index (κ1) is 17.9. The molecule has 2 heterocycles. The first-order chi connectivity index (χ1) is 13.0. The van der Waals surface area contributed by atoms with E-state index in [2.05, 4.69) is 0 Å². The van der Waals surface area contributed by atoms with Crippen molar-refractivity contribution >= 4 is 40.8 Å². The van der Waals surface area contributed by atoms with Crippen LogP contribution in [-0.4, -0.2) is 31.6 Å². The molecule has 2 aliphatic rings. The Morgan fingerprint density at radius 1 is 1.07 bits per heavy atom. The van der Waals surface area contributed by atoms with Gasteiger partial charge in [-0.3, -0.25) is 9.59 Å². The Bertz CT molecular complexity index is 917. The van der Waals surface area contributed by atoms with E-state index in [1.165, 1.54) is 6.07 Å². The maximum atomic E-state index is 12.5. The van der Waals surface area contributed by atoms with Crippen LogP contribution >= 0.6 is 23.2 Å². The van der Waals surface area contributed by atoms with Gasteiger partial charge in [-0.25, -0.2) is 0 Å². The predicted octanol–water partition coefficient (Wildman–Crippen LogP) is 3.72. The van der Waals surface area contributed by atoms with E-state index in [-0.39, 0.29) is 29.6 Å². The molecular weight excluding hydrogens is 393 g/mol. The molecular formula is C19H15Cl2NO5. The van der Waals surface area contributed by atoms with E-state index in [9.17, 15) is 9.59 Å². The molecule has 2 aliphatic heterocycles. The van der Waals surface area contributed by atoms with Gasteiger partial charge in [0, 0.05) is 35.8 Å². The van der Waals surface area contributed by atoms with Crippen LogP contribution in [0.3, 0.4) is 0 Å². The Hall–Kier alpha value is -2.44. The van der Waals surface area contributed by atoms with Crippen LogP contribution in [0.2, 0.25) is 10.0 Å². The minimum Gasteiger partial charge on any atom is -0.486 e. The quantitative estimate of drug-likeness (QED) is 0.572. The number of hydrogen-bond donors (Lipinski definition) is 0. The monoisotopic (exact) mass is 407 g/mol. The van der Waals surface area contributed by atoms with Gasteiger partial charge in [0.2, 0.25) is 5.91 Å². The molecule has 1 amide bonds. The molecule has 0 saturated carbocycles. The number of anilines is 1. The third-order valence-corrected chi connectivity index (χ3v) is 4.95. The van der Waals surface area contributed by atoms with Crippen molar-refractivity contribution in [2.45, 2.75) is 6.42 Å². The van der Waals surface area contributed by atoms with Crippen molar-refractivity contribution in [2.24, 2.45) is 5.92 Å². The van der Waals surface area contributed by atoms with Gasteiger partial charge < -0.3 is 19.1 Å². The van der Waals surface area contributed by atoms with Crippen molar-refractivity contribution in [3.05, 3.63) is 46.4 Å². The van der Waals surface area contributed by atoms with E-state index in [1.807, 2.05) is 0 Å². The zero-order valence-electron chi connectivity index (χ0n) is 14.1. The number of halogens is 2. The average Bonchev–Trinajstić information content (AvgIpc) is 3.06. The number of carbonyl (C=O) groups is 2. The lowest BCUT2D eigenvalue weighted by Gasteiger charge is -2.22. The fourth-order valence-corrected chi connectivity index (χ4v) is 3.38. The summed E-state index contributed by atoms with van der Waals surface area (Å²) in [5, 5.41) is 0.684. The topological polar surface area (TPSA) is 65.1 Å². The molecule has 1 unspecified atom stereocenters. The summed E-state index contributed by atoms with van der Waals surface area (Å²) in [6.07, 6.45) is 0.0610. The van der Waals surface area contributed by atoms with E-state index in [1.54, 1.807) is 35.2 Å². The minimum absolute atomic E-state index is 0.0610. The van der Waals surface area contributed by atoms with Crippen LogP contribution in [0.4, 0.5) is 5.69 Å². The normalized spacial score (nSPS) is 18.5. The largest absolute Gasteiger partial charge is 0.486 e. The van der Waals surface area contributed by atoms with Crippen molar-refractivity contribution in [1.82, 2.24) is 0 Å². The number of rotatable bonds is 3. The van der Waals surface area contributed by atoms with Crippen LogP contribution in [0.5, 0.6) is 17.2 Å². The molecule has 0 bridgehead atoms. The summed E-state index contributed by atoms with van der Waals surface area (Å²) in [5.41, 5.74) is 0.653. The van der Waals surface area contributed by atoms with Crippen LogP contribution in [0.15, 0.2) is 36.4 Å². The smallest absolute Gasteiger partial charge is 0.316 e. The third-order valence-electron chi connectivity index (χ3n) is 4.40. The first-order valence-electron chi connectivity index (χ1n) is 8.38. The Kier molecular flexibility index (Phi) is 4.85. The van der Waals surface area contributed by atoms with Crippen molar-refractivity contribution < 1.29 is 23.8 Å². The Morgan fingerprint density at radius 2 is 1.85 bits per heavy atom. The third kappa shape index (κ3) is 3.68. The van der Waals surface area contributed by atoms with E-state index in [0.29, 0.717) is 35.4 Å². The molecule has 1 fully saturated rings. The Balaban J connectivity index is 1.49. The van der Waals surface area contributed by atoms with Gasteiger partial charge in [0.1, 0.15) is 13.2 Å². The number of nitrogens with zero attached hydrogens (tertiary/aromatic N) is 1. The second-order valence-electron chi connectivity index (χ2n) is 6.23. The van der Waals surface area contributed by atoms with Gasteiger partial charge in [-0.2, -0.15) is 0 Å². The molecule has 1 atom stereocenters. The van der Waals surface area contributed by atoms with Gasteiger partial charge in [-0.05, 0) is 24.3 Å². The molecule has 27 heavy (non-hydrogen) atoms. The molecule has 0 N–H and O–H groups in total. The number of fused-ring (bicyclic) bond motifs is 1.